The molecule has 1 N–H and O–H groups in total. The zero-order valence-corrected chi connectivity index (χ0v) is 11.5. The lowest BCUT2D eigenvalue weighted by Gasteiger charge is -2.41. The predicted molar refractivity (Wildman–Crippen MR) is 72.7 cm³/mol. The number of nitrogens with one attached hydrogen (secondary N) is 1. The van der Waals surface area contributed by atoms with Crippen molar-refractivity contribution in [2.75, 3.05) is 13.1 Å². The molecule has 2 atom stereocenters. The van der Waals surface area contributed by atoms with E-state index in [1.165, 1.54) is 0 Å². The van der Waals surface area contributed by atoms with E-state index in [9.17, 15) is 9.59 Å². The van der Waals surface area contributed by atoms with E-state index in [1.54, 1.807) is 12.5 Å². The van der Waals surface area contributed by atoms with Crippen molar-refractivity contribution >= 4 is 11.8 Å². The van der Waals surface area contributed by atoms with Crippen LogP contribution in [0.5, 0.6) is 0 Å². The molecule has 1 aromatic heterocycles. The summed E-state index contributed by atoms with van der Waals surface area (Å²) in [6, 6.07) is 0.272. The largest absolute Gasteiger partial charge is 0.353 e. The van der Waals surface area contributed by atoms with Gasteiger partial charge in [-0.1, -0.05) is 0 Å². The molecule has 0 spiro atoms. The quantitative estimate of drug-likeness (QED) is 0.869. The number of carbonyl (C=O) groups excluding carboxylic acids is 2. The Labute approximate surface area is 118 Å². The van der Waals surface area contributed by atoms with Gasteiger partial charge in [0.1, 0.15) is 0 Å². The number of carbonyl (C=O) groups is 2. The highest BCUT2D eigenvalue weighted by molar-refractivity contribution is 5.78. The highest BCUT2D eigenvalue weighted by Gasteiger charge is 2.34. The van der Waals surface area contributed by atoms with E-state index >= 15 is 0 Å². The third-order valence-corrected chi connectivity index (χ3v) is 4.32. The van der Waals surface area contributed by atoms with Gasteiger partial charge in [-0.2, -0.15) is 0 Å². The molecule has 2 fully saturated rings. The Bertz CT molecular complexity index is 485. The molecule has 3 rings (SSSR count). The average Bonchev–Trinajstić information content (AvgIpc) is 2.97. The lowest BCUT2D eigenvalue weighted by atomic mass is 9.85. The normalized spacial score (nSPS) is 26.0. The molecular weight excluding hydrogens is 256 g/mol. The summed E-state index contributed by atoms with van der Waals surface area (Å²) in [5, 5.41) is 3.04. The van der Waals surface area contributed by atoms with Gasteiger partial charge in [0, 0.05) is 50.9 Å². The van der Waals surface area contributed by atoms with Gasteiger partial charge in [0.2, 0.25) is 11.8 Å². The molecule has 6 heteroatoms. The number of amides is 2. The zero-order valence-electron chi connectivity index (χ0n) is 11.5. The summed E-state index contributed by atoms with van der Waals surface area (Å²) in [5.74, 6) is 0.791. The highest BCUT2D eigenvalue weighted by atomic mass is 16.2. The van der Waals surface area contributed by atoms with Crippen LogP contribution < -0.4 is 5.32 Å². The molecule has 20 heavy (non-hydrogen) atoms. The van der Waals surface area contributed by atoms with Crippen molar-refractivity contribution in [2.24, 2.45) is 5.92 Å². The first-order chi connectivity index (χ1) is 9.72. The van der Waals surface area contributed by atoms with Gasteiger partial charge in [0.25, 0.3) is 0 Å². The third kappa shape index (κ3) is 2.84. The van der Waals surface area contributed by atoms with Crippen molar-refractivity contribution < 1.29 is 9.59 Å². The average molecular weight is 276 g/mol. The van der Waals surface area contributed by atoms with Crippen LogP contribution in [0.2, 0.25) is 0 Å². The first-order valence-electron chi connectivity index (χ1n) is 7.25. The summed E-state index contributed by atoms with van der Waals surface area (Å²) in [5.41, 5.74) is 0. The number of likely N-dealkylation sites (tertiary alicyclic amines) is 1. The van der Waals surface area contributed by atoms with E-state index in [0.29, 0.717) is 25.3 Å². The Morgan fingerprint density at radius 2 is 2.35 bits per heavy atom. The van der Waals surface area contributed by atoms with E-state index in [-0.39, 0.29) is 17.9 Å². The fourth-order valence-corrected chi connectivity index (χ4v) is 3.14. The number of fused-ring (bicyclic) bond motifs is 1. The maximum absolute atomic E-state index is 12.2. The Morgan fingerprint density at radius 1 is 1.45 bits per heavy atom. The maximum Gasteiger partial charge on any atom is 0.224 e. The van der Waals surface area contributed by atoms with Crippen molar-refractivity contribution in [1.82, 2.24) is 19.8 Å². The highest BCUT2D eigenvalue weighted by Crippen LogP contribution is 2.25. The minimum Gasteiger partial charge on any atom is -0.353 e. The second kappa shape index (κ2) is 5.64. The molecule has 0 radical (unpaired) electrons. The number of aromatic nitrogens is 2. The number of aryl methyl sites for hydroxylation is 1. The van der Waals surface area contributed by atoms with Gasteiger partial charge < -0.3 is 14.8 Å². The summed E-state index contributed by atoms with van der Waals surface area (Å²) in [6.45, 7) is 2.22. The molecule has 2 amide bonds. The predicted octanol–water partition coefficient (Wildman–Crippen LogP) is 0.400. The minimum atomic E-state index is 0.158. The molecule has 108 valence electrons. The third-order valence-electron chi connectivity index (χ3n) is 4.32. The Morgan fingerprint density at radius 3 is 3.15 bits per heavy atom. The molecule has 6 nitrogen and oxygen atoms in total. The summed E-state index contributed by atoms with van der Waals surface area (Å²) in [7, 11) is 0. The number of hydrogen-bond acceptors (Lipinski definition) is 3. The Hall–Kier alpha value is -1.85. The van der Waals surface area contributed by atoms with Crippen LogP contribution in [-0.2, 0) is 16.1 Å². The summed E-state index contributed by atoms with van der Waals surface area (Å²) >= 11 is 0. The van der Waals surface area contributed by atoms with Crippen LogP contribution in [0.15, 0.2) is 18.7 Å². The van der Waals surface area contributed by atoms with E-state index in [1.807, 2.05) is 15.7 Å². The van der Waals surface area contributed by atoms with Crippen LogP contribution in [0, 0.1) is 5.92 Å². The summed E-state index contributed by atoms with van der Waals surface area (Å²) in [6.07, 6.45) is 8.22. The SMILES string of the molecule is O=C1CCC2CN(C(=O)CCn3ccnc3)CCC2N1. The fraction of sp³-hybridized carbons (Fsp3) is 0.643. The van der Waals surface area contributed by atoms with E-state index < -0.39 is 0 Å². The van der Waals surface area contributed by atoms with Gasteiger partial charge in [-0.3, -0.25) is 9.59 Å². The van der Waals surface area contributed by atoms with Crippen LogP contribution in [0.1, 0.15) is 25.7 Å². The van der Waals surface area contributed by atoms with Gasteiger partial charge in [0.05, 0.1) is 6.33 Å². The monoisotopic (exact) mass is 276 g/mol. The van der Waals surface area contributed by atoms with Crippen molar-refractivity contribution in [2.45, 2.75) is 38.3 Å². The zero-order chi connectivity index (χ0) is 13.9. The number of rotatable bonds is 3. The van der Waals surface area contributed by atoms with Crippen LogP contribution in [-0.4, -0.2) is 45.4 Å². The van der Waals surface area contributed by atoms with Crippen molar-refractivity contribution in [3.8, 4) is 0 Å². The van der Waals surface area contributed by atoms with E-state index in [0.717, 1.165) is 25.9 Å². The smallest absolute Gasteiger partial charge is 0.224 e. The molecule has 2 unspecified atom stereocenters. The van der Waals surface area contributed by atoms with Crippen LogP contribution in [0.3, 0.4) is 0 Å². The number of imidazole rings is 1. The maximum atomic E-state index is 12.2. The molecule has 2 saturated heterocycles. The second-order valence-electron chi connectivity index (χ2n) is 5.65. The van der Waals surface area contributed by atoms with E-state index in [2.05, 4.69) is 10.3 Å². The molecule has 1 aromatic rings. The molecule has 0 aliphatic carbocycles. The topological polar surface area (TPSA) is 67.2 Å². The minimum absolute atomic E-state index is 0.158. The lowest BCUT2D eigenvalue weighted by molar-refractivity contribution is -0.135. The molecule has 0 saturated carbocycles. The van der Waals surface area contributed by atoms with Crippen LogP contribution in [0.25, 0.3) is 0 Å². The van der Waals surface area contributed by atoms with Gasteiger partial charge in [-0.15, -0.1) is 0 Å². The van der Waals surface area contributed by atoms with Crippen molar-refractivity contribution in [3.05, 3.63) is 18.7 Å². The van der Waals surface area contributed by atoms with Crippen LogP contribution in [0.4, 0.5) is 0 Å². The molecule has 0 aromatic carbocycles. The van der Waals surface area contributed by atoms with Crippen molar-refractivity contribution in [3.63, 3.8) is 0 Å². The Kier molecular flexibility index (Phi) is 3.71. The number of piperidine rings is 2. The molecule has 3 heterocycles. The lowest BCUT2D eigenvalue weighted by Crippen LogP contribution is -2.55. The first kappa shape index (κ1) is 13.1. The molecular formula is C14H20N4O2. The first-order valence-corrected chi connectivity index (χ1v) is 7.25. The Balaban J connectivity index is 1.51. The molecule has 2 aliphatic heterocycles. The standard InChI is InChI=1S/C14H20N4O2/c19-13-2-1-11-9-18(7-3-12(11)16-13)14(20)4-6-17-8-5-15-10-17/h5,8,10-12H,1-4,6-7,9H2,(H,16,19). The van der Waals surface area contributed by atoms with Crippen molar-refractivity contribution in [1.29, 1.82) is 0 Å². The van der Waals surface area contributed by atoms with Gasteiger partial charge in [-0.25, -0.2) is 4.98 Å². The number of nitrogens with zero attached hydrogens (tertiary/aromatic N) is 3. The summed E-state index contributed by atoms with van der Waals surface area (Å²) in [4.78, 5) is 29.5. The van der Waals surface area contributed by atoms with Gasteiger partial charge in [0.15, 0.2) is 0 Å². The molecule has 0 bridgehead atoms. The fourth-order valence-electron chi connectivity index (χ4n) is 3.14. The molecule has 2 aliphatic rings. The second-order valence-corrected chi connectivity index (χ2v) is 5.65. The summed E-state index contributed by atoms with van der Waals surface area (Å²) < 4.78 is 1.92. The van der Waals surface area contributed by atoms with Crippen LogP contribution >= 0.6 is 0 Å². The van der Waals surface area contributed by atoms with E-state index in [4.69, 9.17) is 0 Å². The number of hydrogen-bond donors (Lipinski definition) is 1. The van der Waals surface area contributed by atoms with Gasteiger partial charge in [-0.05, 0) is 18.8 Å². The van der Waals surface area contributed by atoms with Gasteiger partial charge >= 0.3 is 0 Å².